The molecule has 2 rings (SSSR count). The molecule has 1 saturated carbocycles. The summed E-state index contributed by atoms with van der Waals surface area (Å²) in [6, 6.07) is 1.51. The van der Waals surface area contributed by atoms with E-state index < -0.39 is 0 Å². The molecule has 1 aliphatic heterocycles. The molecule has 1 aliphatic carbocycles. The Kier molecular flexibility index (Phi) is 5.28. The second-order valence-corrected chi connectivity index (χ2v) is 6.15. The van der Waals surface area contributed by atoms with Crippen LogP contribution in [0, 0.1) is 24.2 Å². The van der Waals surface area contributed by atoms with Gasteiger partial charge < -0.3 is 0 Å². The van der Waals surface area contributed by atoms with Gasteiger partial charge in [0.1, 0.15) is 0 Å². The highest BCUT2D eigenvalue weighted by Gasteiger charge is 2.39. The maximum atomic E-state index is 5.30. The van der Waals surface area contributed by atoms with Crippen LogP contribution in [0.4, 0.5) is 0 Å². The predicted octanol–water partition coefficient (Wildman–Crippen LogP) is 4.02. The van der Waals surface area contributed by atoms with Crippen molar-refractivity contribution in [1.29, 1.82) is 0 Å². The summed E-state index contributed by atoms with van der Waals surface area (Å²) in [4.78, 5) is 2.65. The summed E-state index contributed by atoms with van der Waals surface area (Å²) in [7, 11) is 2.32. The molecule has 0 aromatic rings. The first-order valence-corrected chi connectivity index (χ1v) is 7.72. The van der Waals surface area contributed by atoms with Crippen molar-refractivity contribution in [2.24, 2.45) is 11.8 Å². The molecule has 4 atom stereocenters. The van der Waals surface area contributed by atoms with Gasteiger partial charge in [-0.25, -0.2) is 0 Å². The minimum atomic E-state index is 0.721. The molecule has 1 saturated heterocycles. The highest BCUT2D eigenvalue weighted by molar-refractivity contribution is 5.09. The van der Waals surface area contributed by atoms with Gasteiger partial charge in [-0.05, 0) is 63.5 Å². The molecule has 0 spiro atoms. The standard InChI is InChI=1S/C18H27N/c1-4-6-7-10-15-11-8-12-18-17(15)14-13-16(9-5-2)19(18)3/h1,5-7,15-18H,2,8-14H2,3H3/b7-6-/t15-,16+,17+,18-/m1/s1. The lowest BCUT2D eigenvalue weighted by atomic mass is 9.68. The van der Waals surface area contributed by atoms with E-state index in [0.717, 1.165) is 30.3 Å². The summed E-state index contributed by atoms with van der Waals surface area (Å²) >= 11 is 0. The van der Waals surface area contributed by atoms with Gasteiger partial charge in [-0.2, -0.15) is 0 Å². The molecule has 0 radical (unpaired) electrons. The van der Waals surface area contributed by atoms with Gasteiger partial charge >= 0.3 is 0 Å². The van der Waals surface area contributed by atoms with Gasteiger partial charge in [0.2, 0.25) is 0 Å². The highest BCUT2D eigenvalue weighted by Crippen LogP contribution is 2.42. The molecular formula is C18H27N. The number of allylic oxidation sites excluding steroid dienone is 2. The Morgan fingerprint density at radius 2 is 2.11 bits per heavy atom. The van der Waals surface area contributed by atoms with Crippen LogP contribution in [0.5, 0.6) is 0 Å². The summed E-state index contributed by atoms with van der Waals surface area (Å²) in [6.45, 7) is 3.90. The van der Waals surface area contributed by atoms with E-state index in [1.54, 1.807) is 0 Å². The van der Waals surface area contributed by atoms with Crippen molar-refractivity contribution in [1.82, 2.24) is 4.90 Å². The summed E-state index contributed by atoms with van der Waals surface area (Å²) in [5.74, 6) is 4.33. The van der Waals surface area contributed by atoms with Gasteiger partial charge in [0.05, 0.1) is 0 Å². The van der Waals surface area contributed by atoms with Crippen LogP contribution in [0.15, 0.2) is 24.8 Å². The van der Waals surface area contributed by atoms with Crippen LogP contribution in [0.1, 0.15) is 44.9 Å². The van der Waals surface area contributed by atoms with Crippen LogP contribution >= 0.6 is 0 Å². The van der Waals surface area contributed by atoms with Crippen LogP contribution in [-0.4, -0.2) is 24.0 Å². The molecule has 0 unspecified atom stereocenters. The zero-order valence-corrected chi connectivity index (χ0v) is 12.2. The Labute approximate surface area is 118 Å². The fraction of sp³-hybridized carbons (Fsp3) is 0.667. The lowest BCUT2D eigenvalue weighted by Crippen LogP contribution is -2.52. The number of piperidine rings is 1. The lowest BCUT2D eigenvalue weighted by Gasteiger charge is -2.50. The summed E-state index contributed by atoms with van der Waals surface area (Å²) in [6.07, 6.45) is 20.6. The van der Waals surface area contributed by atoms with Gasteiger partial charge in [-0.15, -0.1) is 13.0 Å². The molecule has 0 bridgehead atoms. The van der Waals surface area contributed by atoms with Crippen LogP contribution in [0.2, 0.25) is 0 Å². The van der Waals surface area contributed by atoms with E-state index in [9.17, 15) is 0 Å². The molecule has 1 heterocycles. The maximum absolute atomic E-state index is 5.30. The smallest absolute Gasteiger partial charge is 0.0130 e. The van der Waals surface area contributed by atoms with Gasteiger partial charge in [-0.1, -0.05) is 24.5 Å². The van der Waals surface area contributed by atoms with E-state index in [1.807, 2.05) is 6.08 Å². The number of terminal acetylenes is 1. The van der Waals surface area contributed by atoms with Crippen molar-refractivity contribution in [3.05, 3.63) is 24.8 Å². The molecule has 0 N–H and O–H groups in total. The topological polar surface area (TPSA) is 3.24 Å². The Bertz CT molecular complexity index is 362. The van der Waals surface area contributed by atoms with Crippen LogP contribution in [-0.2, 0) is 0 Å². The normalized spacial score (nSPS) is 35.8. The number of hydrogen-bond donors (Lipinski definition) is 0. The summed E-state index contributed by atoms with van der Waals surface area (Å²) in [5, 5.41) is 0. The van der Waals surface area contributed by atoms with Crippen molar-refractivity contribution in [3.63, 3.8) is 0 Å². The molecular weight excluding hydrogens is 230 g/mol. The number of hydrogen-bond acceptors (Lipinski definition) is 1. The third-order valence-electron chi connectivity index (χ3n) is 5.20. The zero-order chi connectivity index (χ0) is 13.7. The SMILES string of the molecule is C#C/C=C\C[C@@H]1CCC[C@@H]2[C@H]1CC[C@H](CC=C)N2C. The fourth-order valence-electron chi connectivity index (χ4n) is 4.20. The molecule has 2 aliphatic rings. The van der Waals surface area contributed by atoms with E-state index in [-0.39, 0.29) is 0 Å². The average molecular weight is 257 g/mol. The first-order valence-electron chi connectivity index (χ1n) is 7.72. The number of nitrogens with zero attached hydrogens (tertiary/aromatic N) is 1. The molecule has 0 amide bonds. The van der Waals surface area contributed by atoms with Crippen molar-refractivity contribution < 1.29 is 0 Å². The quantitative estimate of drug-likeness (QED) is 0.543. The van der Waals surface area contributed by atoms with E-state index >= 15 is 0 Å². The Morgan fingerprint density at radius 3 is 2.84 bits per heavy atom. The van der Waals surface area contributed by atoms with Gasteiger partial charge in [0, 0.05) is 12.1 Å². The summed E-state index contributed by atoms with van der Waals surface area (Å²) < 4.78 is 0. The second-order valence-electron chi connectivity index (χ2n) is 6.15. The summed E-state index contributed by atoms with van der Waals surface area (Å²) in [5.41, 5.74) is 0. The van der Waals surface area contributed by atoms with Gasteiger partial charge in [0.25, 0.3) is 0 Å². The Hall–Kier alpha value is -1.00. The third-order valence-corrected chi connectivity index (χ3v) is 5.20. The minimum absolute atomic E-state index is 0.721. The van der Waals surface area contributed by atoms with Crippen molar-refractivity contribution in [3.8, 4) is 12.3 Å². The lowest BCUT2D eigenvalue weighted by molar-refractivity contribution is 0.00778. The highest BCUT2D eigenvalue weighted by atomic mass is 15.2. The van der Waals surface area contributed by atoms with Crippen molar-refractivity contribution >= 4 is 0 Å². The predicted molar refractivity (Wildman–Crippen MR) is 82.8 cm³/mol. The first-order chi connectivity index (χ1) is 9.27. The molecule has 0 aromatic carbocycles. The average Bonchev–Trinajstić information content (AvgIpc) is 2.43. The van der Waals surface area contributed by atoms with Crippen molar-refractivity contribution in [2.75, 3.05) is 7.05 Å². The molecule has 104 valence electrons. The van der Waals surface area contributed by atoms with E-state index in [2.05, 4.69) is 36.6 Å². The Morgan fingerprint density at radius 1 is 1.26 bits per heavy atom. The van der Waals surface area contributed by atoms with Crippen LogP contribution in [0.3, 0.4) is 0 Å². The zero-order valence-electron chi connectivity index (χ0n) is 12.2. The number of fused-ring (bicyclic) bond motifs is 1. The largest absolute Gasteiger partial charge is 0.300 e. The number of likely N-dealkylation sites (tertiary alicyclic amines) is 1. The second kappa shape index (κ2) is 6.96. The van der Waals surface area contributed by atoms with Crippen LogP contribution in [0.25, 0.3) is 0 Å². The third kappa shape index (κ3) is 3.31. The van der Waals surface area contributed by atoms with Crippen LogP contribution < -0.4 is 0 Å². The van der Waals surface area contributed by atoms with Gasteiger partial charge in [-0.3, -0.25) is 4.90 Å². The fourth-order valence-corrected chi connectivity index (χ4v) is 4.20. The molecule has 19 heavy (non-hydrogen) atoms. The first kappa shape index (κ1) is 14.4. The maximum Gasteiger partial charge on any atom is 0.0130 e. The van der Waals surface area contributed by atoms with Gasteiger partial charge in [0.15, 0.2) is 0 Å². The molecule has 0 aromatic heterocycles. The minimum Gasteiger partial charge on any atom is -0.300 e. The number of rotatable bonds is 4. The molecule has 2 fully saturated rings. The monoisotopic (exact) mass is 257 g/mol. The van der Waals surface area contributed by atoms with E-state index in [4.69, 9.17) is 6.42 Å². The molecule has 1 heteroatoms. The van der Waals surface area contributed by atoms with E-state index in [1.165, 1.54) is 38.5 Å². The van der Waals surface area contributed by atoms with E-state index in [0.29, 0.717) is 0 Å². The molecule has 1 nitrogen and oxygen atoms in total. The Balaban J connectivity index is 2.00. The van der Waals surface area contributed by atoms with Crippen molar-refractivity contribution in [2.45, 2.75) is 57.0 Å².